The molecule has 0 aliphatic heterocycles. The Balaban J connectivity index is 1.18. The first-order valence-corrected chi connectivity index (χ1v) is 10.5. The molecule has 4 aliphatic carbocycles. The van der Waals surface area contributed by atoms with Gasteiger partial charge in [0, 0.05) is 11.1 Å². The standard InChI is InChI=1S/C24H26N2O2/c25-23-10-17-9-18(11-23)13-24(12-17,15-23)27-14-16-5-7-19(8-6-16)22-26-20-3-1-2-4-21(20)28-22/h1-8,17-18H,9-15,25H2. The molecule has 3 aromatic rings. The van der Waals surface area contributed by atoms with Crippen LogP contribution >= 0.6 is 0 Å². The van der Waals surface area contributed by atoms with Gasteiger partial charge in [-0.25, -0.2) is 4.98 Å². The number of hydrogen-bond donors (Lipinski definition) is 1. The summed E-state index contributed by atoms with van der Waals surface area (Å²) in [5.41, 5.74) is 10.6. The van der Waals surface area contributed by atoms with Crippen molar-refractivity contribution in [2.45, 2.75) is 56.3 Å². The molecular formula is C24H26N2O2. The van der Waals surface area contributed by atoms with Crippen molar-refractivity contribution in [2.75, 3.05) is 0 Å². The number of ether oxygens (including phenoxy) is 1. The van der Waals surface area contributed by atoms with Gasteiger partial charge >= 0.3 is 0 Å². The highest BCUT2D eigenvalue weighted by Gasteiger charge is 2.56. The average molecular weight is 374 g/mol. The Morgan fingerprint density at radius 3 is 2.46 bits per heavy atom. The van der Waals surface area contributed by atoms with Crippen LogP contribution in [0.4, 0.5) is 0 Å². The van der Waals surface area contributed by atoms with Crippen molar-refractivity contribution in [1.29, 1.82) is 0 Å². The number of para-hydroxylation sites is 2. The Morgan fingerprint density at radius 1 is 1.00 bits per heavy atom. The number of hydrogen-bond acceptors (Lipinski definition) is 4. The van der Waals surface area contributed by atoms with Crippen LogP contribution in [-0.2, 0) is 11.3 Å². The molecule has 2 aromatic carbocycles. The largest absolute Gasteiger partial charge is 0.436 e. The van der Waals surface area contributed by atoms with Gasteiger partial charge in [0.15, 0.2) is 5.58 Å². The zero-order valence-electron chi connectivity index (χ0n) is 16.1. The molecule has 4 aliphatic rings. The van der Waals surface area contributed by atoms with Gasteiger partial charge in [-0.05, 0) is 80.2 Å². The maximum absolute atomic E-state index is 6.69. The monoisotopic (exact) mass is 374 g/mol. The summed E-state index contributed by atoms with van der Waals surface area (Å²) in [5, 5.41) is 0. The van der Waals surface area contributed by atoms with Crippen molar-refractivity contribution < 1.29 is 9.15 Å². The molecule has 4 fully saturated rings. The summed E-state index contributed by atoms with van der Waals surface area (Å²) in [4.78, 5) is 4.58. The lowest BCUT2D eigenvalue weighted by Gasteiger charge is -2.60. The highest BCUT2D eigenvalue weighted by atomic mass is 16.5. The fourth-order valence-electron chi connectivity index (χ4n) is 6.39. The van der Waals surface area contributed by atoms with E-state index in [0.717, 1.165) is 34.9 Å². The fourth-order valence-corrected chi connectivity index (χ4v) is 6.39. The van der Waals surface area contributed by atoms with Crippen molar-refractivity contribution in [3.05, 3.63) is 54.1 Å². The van der Waals surface area contributed by atoms with Crippen LogP contribution in [0.3, 0.4) is 0 Å². The van der Waals surface area contributed by atoms with E-state index in [4.69, 9.17) is 14.9 Å². The molecule has 4 bridgehead atoms. The van der Waals surface area contributed by atoms with E-state index in [1.165, 1.54) is 37.7 Å². The van der Waals surface area contributed by atoms with Crippen molar-refractivity contribution in [2.24, 2.45) is 17.6 Å². The molecule has 0 radical (unpaired) electrons. The molecule has 0 saturated heterocycles. The predicted molar refractivity (Wildman–Crippen MR) is 109 cm³/mol. The van der Waals surface area contributed by atoms with Crippen LogP contribution in [0.1, 0.15) is 44.1 Å². The van der Waals surface area contributed by atoms with Crippen molar-refractivity contribution >= 4 is 11.1 Å². The molecule has 2 unspecified atom stereocenters. The number of fused-ring (bicyclic) bond motifs is 1. The number of aromatic nitrogens is 1. The summed E-state index contributed by atoms with van der Waals surface area (Å²) >= 11 is 0. The maximum Gasteiger partial charge on any atom is 0.227 e. The zero-order valence-corrected chi connectivity index (χ0v) is 16.1. The summed E-state index contributed by atoms with van der Waals surface area (Å²) in [6, 6.07) is 16.3. The molecular weight excluding hydrogens is 348 g/mol. The van der Waals surface area contributed by atoms with E-state index in [1.54, 1.807) is 0 Å². The van der Waals surface area contributed by atoms with E-state index in [0.29, 0.717) is 12.5 Å². The van der Waals surface area contributed by atoms with Crippen LogP contribution in [0.5, 0.6) is 0 Å². The maximum atomic E-state index is 6.69. The minimum Gasteiger partial charge on any atom is -0.436 e. The molecule has 1 aromatic heterocycles. The Hall–Kier alpha value is -2.17. The van der Waals surface area contributed by atoms with Crippen LogP contribution in [-0.4, -0.2) is 16.1 Å². The molecule has 4 heteroatoms. The van der Waals surface area contributed by atoms with Gasteiger partial charge in [0.25, 0.3) is 0 Å². The third-order valence-electron chi connectivity index (χ3n) is 7.09. The number of rotatable bonds is 4. The molecule has 144 valence electrons. The Bertz CT molecular complexity index is 976. The molecule has 4 saturated carbocycles. The lowest BCUT2D eigenvalue weighted by molar-refractivity contribution is -0.175. The average Bonchev–Trinajstić information content (AvgIpc) is 3.09. The van der Waals surface area contributed by atoms with Gasteiger partial charge in [-0.1, -0.05) is 24.3 Å². The highest BCUT2D eigenvalue weighted by molar-refractivity contribution is 5.75. The molecule has 4 nitrogen and oxygen atoms in total. The Labute approximate surface area is 165 Å². The van der Waals surface area contributed by atoms with Gasteiger partial charge in [-0.15, -0.1) is 0 Å². The Kier molecular flexibility index (Phi) is 3.54. The second-order valence-electron chi connectivity index (χ2n) is 9.48. The third kappa shape index (κ3) is 2.78. The van der Waals surface area contributed by atoms with E-state index in [-0.39, 0.29) is 11.1 Å². The summed E-state index contributed by atoms with van der Waals surface area (Å²) in [7, 11) is 0. The molecule has 7 rings (SSSR count). The van der Waals surface area contributed by atoms with Crippen molar-refractivity contribution in [1.82, 2.24) is 4.98 Å². The molecule has 0 spiro atoms. The first kappa shape index (κ1) is 16.8. The van der Waals surface area contributed by atoms with E-state index < -0.39 is 0 Å². The van der Waals surface area contributed by atoms with Crippen LogP contribution in [0, 0.1) is 11.8 Å². The van der Waals surface area contributed by atoms with Gasteiger partial charge in [-0.3, -0.25) is 0 Å². The second-order valence-corrected chi connectivity index (χ2v) is 9.48. The lowest BCUT2D eigenvalue weighted by Crippen LogP contribution is -2.63. The second kappa shape index (κ2) is 5.91. The zero-order chi connectivity index (χ0) is 18.8. The van der Waals surface area contributed by atoms with Gasteiger partial charge in [-0.2, -0.15) is 0 Å². The first-order valence-electron chi connectivity index (χ1n) is 10.5. The van der Waals surface area contributed by atoms with Gasteiger partial charge in [0.2, 0.25) is 5.89 Å². The molecule has 2 atom stereocenters. The summed E-state index contributed by atoms with van der Waals surface area (Å²) < 4.78 is 12.4. The van der Waals surface area contributed by atoms with Gasteiger partial charge < -0.3 is 14.9 Å². The van der Waals surface area contributed by atoms with E-state index in [2.05, 4.69) is 29.2 Å². The SMILES string of the molecule is NC12CC3CC(C1)CC(OCc1ccc(-c4nc5ccccc5o4)cc1)(C3)C2. The normalized spacial score (nSPS) is 33.6. The van der Waals surface area contributed by atoms with Gasteiger partial charge in [0.05, 0.1) is 12.2 Å². The van der Waals surface area contributed by atoms with E-state index in [1.807, 2.05) is 24.3 Å². The van der Waals surface area contributed by atoms with E-state index in [9.17, 15) is 0 Å². The minimum absolute atomic E-state index is 0.0117. The Morgan fingerprint density at radius 2 is 1.75 bits per heavy atom. The smallest absolute Gasteiger partial charge is 0.227 e. The predicted octanol–water partition coefficient (Wildman–Crippen LogP) is 5.06. The summed E-state index contributed by atoms with van der Waals surface area (Å²) in [6.07, 6.45) is 7.20. The highest BCUT2D eigenvalue weighted by Crippen LogP contribution is 2.58. The first-order chi connectivity index (χ1) is 13.6. The number of benzene rings is 2. The topological polar surface area (TPSA) is 61.3 Å². The van der Waals surface area contributed by atoms with Crippen molar-refractivity contribution in [3.63, 3.8) is 0 Å². The third-order valence-corrected chi connectivity index (χ3v) is 7.09. The molecule has 1 heterocycles. The minimum atomic E-state index is 0.0117. The number of nitrogens with two attached hydrogens (primary N) is 1. The van der Waals surface area contributed by atoms with Crippen LogP contribution in [0.2, 0.25) is 0 Å². The number of oxazole rings is 1. The number of nitrogens with zero attached hydrogens (tertiary/aromatic N) is 1. The molecule has 2 N–H and O–H groups in total. The van der Waals surface area contributed by atoms with Crippen LogP contribution in [0.15, 0.2) is 52.9 Å². The van der Waals surface area contributed by atoms with Crippen LogP contribution in [0.25, 0.3) is 22.6 Å². The van der Waals surface area contributed by atoms with Crippen LogP contribution < -0.4 is 5.73 Å². The van der Waals surface area contributed by atoms with E-state index >= 15 is 0 Å². The van der Waals surface area contributed by atoms with Gasteiger partial charge in [0.1, 0.15) is 5.52 Å². The summed E-state index contributed by atoms with van der Waals surface area (Å²) in [6.45, 7) is 0.656. The fraction of sp³-hybridized carbons (Fsp3) is 0.458. The lowest BCUT2D eigenvalue weighted by atomic mass is 9.51. The molecule has 0 amide bonds. The summed E-state index contributed by atoms with van der Waals surface area (Å²) in [5.74, 6) is 2.21. The quantitative estimate of drug-likeness (QED) is 0.693. The van der Waals surface area contributed by atoms with Crippen molar-refractivity contribution in [3.8, 4) is 11.5 Å². The molecule has 28 heavy (non-hydrogen) atoms.